The zero-order valence-corrected chi connectivity index (χ0v) is 10.6. The van der Waals surface area contributed by atoms with Crippen LogP contribution in [0.1, 0.15) is 18.9 Å². The summed E-state index contributed by atoms with van der Waals surface area (Å²) >= 11 is 0. The minimum Gasteiger partial charge on any atom is -0.312 e. The predicted octanol–water partition coefficient (Wildman–Crippen LogP) is 0.140. The quantitative estimate of drug-likeness (QED) is 0.585. The molecule has 0 aromatic carbocycles. The van der Waals surface area contributed by atoms with Gasteiger partial charge in [-0.25, -0.2) is 4.79 Å². The van der Waals surface area contributed by atoms with Crippen LogP contribution in [0, 0.1) is 0 Å². The van der Waals surface area contributed by atoms with E-state index in [0.717, 1.165) is 17.5 Å². The number of hydrogen-bond donors (Lipinski definition) is 1. The topological polar surface area (TPSA) is 56.0 Å². The molecule has 17 heavy (non-hydrogen) atoms. The Labute approximate surface area is 100 Å². The van der Waals surface area contributed by atoms with Crippen LogP contribution < -0.4 is 16.6 Å². The molecular weight excluding hydrogens is 218 g/mol. The number of hydrogen-bond acceptors (Lipinski definition) is 3. The first-order valence-electron chi connectivity index (χ1n) is 5.65. The van der Waals surface area contributed by atoms with Crippen LogP contribution in [0.2, 0.25) is 0 Å². The van der Waals surface area contributed by atoms with Gasteiger partial charge in [-0.15, -0.1) is 0 Å². The first-order valence-corrected chi connectivity index (χ1v) is 5.65. The van der Waals surface area contributed by atoms with Gasteiger partial charge >= 0.3 is 5.69 Å². The number of rotatable bonds is 5. The lowest BCUT2D eigenvalue weighted by atomic mass is 10.3. The Kier molecular flexibility index (Phi) is 4.90. The molecule has 1 heterocycles. The van der Waals surface area contributed by atoms with Gasteiger partial charge in [0.25, 0.3) is 5.56 Å². The van der Waals surface area contributed by atoms with Crippen molar-refractivity contribution in [1.82, 2.24) is 14.5 Å². The normalized spacial score (nSPS) is 11.2. The van der Waals surface area contributed by atoms with Crippen molar-refractivity contribution in [2.24, 2.45) is 14.1 Å². The fourth-order valence-corrected chi connectivity index (χ4v) is 1.58. The monoisotopic (exact) mass is 237 g/mol. The Morgan fingerprint density at radius 3 is 2.71 bits per heavy atom. The highest BCUT2D eigenvalue weighted by Gasteiger charge is 2.05. The van der Waals surface area contributed by atoms with Crippen molar-refractivity contribution < 1.29 is 0 Å². The number of aryl methyl sites for hydroxylation is 1. The van der Waals surface area contributed by atoms with Crippen molar-refractivity contribution in [3.8, 4) is 0 Å². The Bertz CT molecular complexity index is 511. The maximum Gasteiger partial charge on any atom is 0.330 e. The van der Waals surface area contributed by atoms with Gasteiger partial charge in [-0.3, -0.25) is 9.36 Å². The van der Waals surface area contributed by atoms with Crippen LogP contribution in [0.5, 0.6) is 0 Å². The van der Waals surface area contributed by atoms with E-state index in [-0.39, 0.29) is 11.2 Å². The molecule has 5 nitrogen and oxygen atoms in total. The first kappa shape index (κ1) is 13.4. The van der Waals surface area contributed by atoms with Crippen molar-refractivity contribution in [3.63, 3.8) is 0 Å². The number of aromatic nitrogens is 2. The molecule has 0 aliphatic heterocycles. The third-order valence-electron chi connectivity index (χ3n) is 2.56. The van der Waals surface area contributed by atoms with Crippen molar-refractivity contribution >= 4 is 0 Å². The molecule has 0 radical (unpaired) electrons. The van der Waals surface area contributed by atoms with Crippen LogP contribution in [0.4, 0.5) is 0 Å². The Balaban J connectivity index is 2.73. The lowest BCUT2D eigenvalue weighted by molar-refractivity contribution is 0.632. The van der Waals surface area contributed by atoms with Crippen molar-refractivity contribution in [3.05, 3.63) is 44.8 Å². The molecule has 1 N–H and O–H groups in total. The zero-order valence-electron chi connectivity index (χ0n) is 10.6. The van der Waals surface area contributed by atoms with E-state index < -0.39 is 0 Å². The maximum atomic E-state index is 11.8. The number of nitrogens with one attached hydrogen (secondary N) is 1. The lowest BCUT2D eigenvalue weighted by Gasteiger charge is -2.07. The fraction of sp³-hybridized carbons (Fsp3) is 0.500. The van der Waals surface area contributed by atoms with Gasteiger partial charge in [-0.1, -0.05) is 12.2 Å². The van der Waals surface area contributed by atoms with E-state index in [2.05, 4.69) is 11.4 Å². The van der Waals surface area contributed by atoms with Gasteiger partial charge in [0.05, 0.1) is 0 Å². The van der Waals surface area contributed by atoms with E-state index in [1.54, 1.807) is 13.2 Å². The molecule has 0 atom stereocenters. The van der Waals surface area contributed by atoms with Crippen molar-refractivity contribution in [2.75, 3.05) is 6.54 Å². The average molecular weight is 237 g/mol. The average Bonchev–Trinajstić information content (AvgIpc) is 2.32. The van der Waals surface area contributed by atoms with Crippen molar-refractivity contribution in [1.29, 1.82) is 0 Å². The molecular formula is C12H19N3O2. The predicted molar refractivity (Wildman–Crippen MR) is 68.1 cm³/mol. The van der Waals surface area contributed by atoms with Crippen LogP contribution in [-0.2, 0) is 20.6 Å². The SMILES string of the molecule is C/C=C/CCNCc1cn(C)c(=O)n(C)c1=O. The molecule has 0 saturated carbocycles. The third-order valence-corrected chi connectivity index (χ3v) is 2.56. The number of allylic oxidation sites excluding steroid dienone is 1. The van der Waals surface area contributed by atoms with Crippen LogP contribution in [-0.4, -0.2) is 15.7 Å². The molecule has 1 rings (SSSR count). The Hall–Kier alpha value is -1.62. The van der Waals surface area contributed by atoms with E-state index in [1.807, 2.05) is 13.0 Å². The van der Waals surface area contributed by atoms with E-state index in [9.17, 15) is 9.59 Å². The van der Waals surface area contributed by atoms with Gasteiger partial charge in [0.15, 0.2) is 0 Å². The van der Waals surface area contributed by atoms with Crippen LogP contribution in [0.3, 0.4) is 0 Å². The summed E-state index contributed by atoms with van der Waals surface area (Å²) in [7, 11) is 3.14. The summed E-state index contributed by atoms with van der Waals surface area (Å²) in [5.74, 6) is 0. The minimum atomic E-state index is -0.298. The lowest BCUT2D eigenvalue weighted by Crippen LogP contribution is -2.39. The molecule has 5 heteroatoms. The van der Waals surface area contributed by atoms with Crippen LogP contribution in [0.15, 0.2) is 27.9 Å². The first-order chi connectivity index (χ1) is 8.07. The fourth-order valence-electron chi connectivity index (χ4n) is 1.58. The van der Waals surface area contributed by atoms with E-state index in [0.29, 0.717) is 12.1 Å². The van der Waals surface area contributed by atoms with E-state index in [1.165, 1.54) is 11.6 Å². The van der Waals surface area contributed by atoms with Crippen LogP contribution >= 0.6 is 0 Å². The number of nitrogens with zero attached hydrogens (tertiary/aromatic N) is 2. The zero-order chi connectivity index (χ0) is 12.8. The van der Waals surface area contributed by atoms with Gasteiger partial charge in [-0.2, -0.15) is 0 Å². The molecule has 0 aliphatic rings. The van der Waals surface area contributed by atoms with Gasteiger partial charge < -0.3 is 9.88 Å². The highest BCUT2D eigenvalue weighted by Crippen LogP contribution is 1.88. The maximum absolute atomic E-state index is 11.8. The highest BCUT2D eigenvalue weighted by atomic mass is 16.2. The molecule has 0 unspecified atom stereocenters. The minimum absolute atomic E-state index is 0.230. The Morgan fingerprint density at radius 2 is 2.06 bits per heavy atom. The van der Waals surface area contributed by atoms with Gasteiger partial charge in [0.2, 0.25) is 0 Å². The second kappa shape index (κ2) is 6.20. The molecule has 0 bridgehead atoms. The van der Waals surface area contributed by atoms with Gasteiger partial charge in [-0.05, 0) is 19.9 Å². The summed E-state index contributed by atoms with van der Waals surface area (Å²) in [6.45, 7) is 3.28. The summed E-state index contributed by atoms with van der Waals surface area (Å²) in [6.07, 6.45) is 6.58. The molecule has 0 saturated heterocycles. The standard InChI is InChI=1S/C12H19N3O2/c1-4-5-6-7-13-8-10-9-14(2)12(17)15(3)11(10)16/h4-5,9,13H,6-8H2,1-3H3/b5-4+. The highest BCUT2D eigenvalue weighted by molar-refractivity contribution is 5.05. The third kappa shape index (κ3) is 3.42. The summed E-state index contributed by atoms with van der Waals surface area (Å²) in [5.41, 5.74) is 0.0781. The Morgan fingerprint density at radius 1 is 1.35 bits per heavy atom. The summed E-state index contributed by atoms with van der Waals surface area (Å²) in [5, 5.41) is 3.17. The molecule has 1 aromatic heterocycles. The van der Waals surface area contributed by atoms with E-state index >= 15 is 0 Å². The molecule has 0 aliphatic carbocycles. The summed E-state index contributed by atoms with van der Waals surface area (Å²) < 4.78 is 2.55. The second-order valence-corrected chi connectivity index (χ2v) is 3.95. The summed E-state index contributed by atoms with van der Waals surface area (Å²) in [6, 6.07) is 0. The van der Waals surface area contributed by atoms with E-state index in [4.69, 9.17) is 0 Å². The largest absolute Gasteiger partial charge is 0.330 e. The smallest absolute Gasteiger partial charge is 0.312 e. The summed E-state index contributed by atoms with van der Waals surface area (Å²) in [4.78, 5) is 23.2. The molecule has 1 aromatic rings. The van der Waals surface area contributed by atoms with Crippen LogP contribution in [0.25, 0.3) is 0 Å². The molecule has 94 valence electrons. The van der Waals surface area contributed by atoms with Crippen molar-refractivity contribution in [2.45, 2.75) is 19.9 Å². The molecule has 0 spiro atoms. The van der Waals surface area contributed by atoms with Gasteiger partial charge in [0.1, 0.15) is 0 Å². The second-order valence-electron chi connectivity index (χ2n) is 3.95. The van der Waals surface area contributed by atoms with Gasteiger partial charge in [0, 0.05) is 32.4 Å². The molecule has 0 fully saturated rings. The molecule has 0 amide bonds.